The lowest BCUT2D eigenvalue weighted by atomic mass is 10.0. The molecule has 3 rings (SSSR count). The second-order valence-corrected chi connectivity index (χ2v) is 6.80. The van der Waals surface area contributed by atoms with E-state index in [4.69, 9.17) is 9.47 Å². The first-order chi connectivity index (χ1) is 11.3. The Morgan fingerprint density at radius 1 is 1.26 bits per heavy atom. The molecule has 0 aliphatic carbocycles. The first-order valence-corrected chi connectivity index (χ1v) is 9.40. The third-order valence-electron chi connectivity index (χ3n) is 4.35. The zero-order valence-electron chi connectivity index (χ0n) is 13.5. The van der Waals surface area contributed by atoms with Gasteiger partial charge in [0.15, 0.2) is 6.29 Å². The predicted octanol–water partition coefficient (Wildman–Crippen LogP) is 2.57. The summed E-state index contributed by atoms with van der Waals surface area (Å²) < 4.78 is 11.3. The summed E-state index contributed by atoms with van der Waals surface area (Å²) in [5.74, 6) is 0.0202. The number of nitrogens with one attached hydrogen (secondary N) is 1. The second-order valence-electron chi connectivity index (χ2n) is 5.92. The van der Waals surface area contributed by atoms with Crippen LogP contribution >= 0.6 is 11.8 Å². The summed E-state index contributed by atoms with van der Waals surface area (Å²) in [4.78, 5) is 15.7. The molecule has 2 saturated heterocycles. The van der Waals surface area contributed by atoms with Crippen LogP contribution in [0.15, 0.2) is 29.2 Å². The lowest BCUT2D eigenvalue weighted by molar-refractivity contribution is -0.127. The van der Waals surface area contributed by atoms with Crippen molar-refractivity contribution in [1.29, 1.82) is 0 Å². The fourth-order valence-electron chi connectivity index (χ4n) is 3.18. The number of thioether (sulfide) groups is 1. The number of anilines is 1. The highest BCUT2D eigenvalue weighted by Crippen LogP contribution is 2.24. The number of nitrogens with zero attached hydrogens (tertiary/aromatic N) is 1. The normalized spacial score (nSPS) is 23.1. The van der Waals surface area contributed by atoms with Gasteiger partial charge >= 0.3 is 0 Å². The predicted molar refractivity (Wildman–Crippen MR) is 91.8 cm³/mol. The van der Waals surface area contributed by atoms with E-state index in [2.05, 4.69) is 10.2 Å². The number of amides is 1. The standard InChI is InChI=1S/C17H24N2O3S/c1-23-14-7-5-13(6-8-14)18-16(20)12-19-9-3-2-4-15(19)17-21-10-11-22-17/h5-8,15,17H,2-4,9-12H2,1H3,(H,18,20). The van der Waals surface area contributed by atoms with E-state index in [1.54, 1.807) is 11.8 Å². The van der Waals surface area contributed by atoms with Gasteiger partial charge in [-0.1, -0.05) is 6.42 Å². The van der Waals surface area contributed by atoms with Crippen molar-refractivity contribution in [2.24, 2.45) is 0 Å². The van der Waals surface area contributed by atoms with E-state index in [1.807, 2.05) is 30.5 Å². The van der Waals surface area contributed by atoms with Gasteiger partial charge in [-0.05, 0) is 49.9 Å². The highest BCUT2D eigenvalue weighted by molar-refractivity contribution is 7.98. The number of rotatable bonds is 5. The zero-order valence-corrected chi connectivity index (χ0v) is 14.3. The maximum Gasteiger partial charge on any atom is 0.238 e. The van der Waals surface area contributed by atoms with E-state index < -0.39 is 0 Å². The fourth-order valence-corrected chi connectivity index (χ4v) is 3.59. The van der Waals surface area contributed by atoms with Crippen LogP contribution in [0.2, 0.25) is 0 Å². The molecule has 5 nitrogen and oxygen atoms in total. The van der Waals surface area contributed by atoms with Crippen LogP contribution < -0.4 is 5.32 Å². The number of likely N-dealkylation sites (tertiary alicyclic amines) is 1. The minimum Gasteiger partial charge on any atom is -0.349 e. The van der Waals surface area contributed by atoms with Crippen LogP contribution in [0.3, 0.4) is 0 Å². The van der Waals surface area contributed by atoms with Crippen molar-refractivity contribution < 1.29 is 14.3 Å². The van der Waals surface area contributed by atoms with Gasteiger partial charge in [-0.25, -0.2) is 0 Å². The van der Waals surface area contributed by atoms with Crippen molar-refractivity contribution in [3.63, 3.8) is 0 Å². The van der Waals surface area contributed by atoms with Crippen LogP contribution in [-0.4, -0.2) is 55.7 Å². The molecule has 2 heterocycles. The van der Waals surface area contributed by atoms with Crippen molar-refractivity contribution >= 4 is 23.4 Å². The molecule has 126 valence electrons. The molecule has 0 radical (unpaired) electrons. The summed E-state index contributed by atoms with van der Waals surface area (Å²) in [5.41, 5.74) is 0.842. The van der Waals surface area contributed by atoms with Crippen LogP contribution in [0.25, 0.3) is 0 Å². The zero-order chi connectivity index (χ0) is 16.1. The van der Waals surface area contributed by atoms with Gasteiger partial charge < -0.3 is 14.8 Å². The Morgan fingerprint density at radius 3 is 2.70 bits per heavy atom. The Labute approximate surface area is 141 Å². The summed E-state index contributed by atoms with van der Waals surface area (Å²) in [5, 5.41) is 2.98. The minimum atomic E-state index is -0.177. The molecule has 0 bridgehead atoms. The Balaban J connectivity index is 1.56. The molecule has 23 heavy (non-hydrogen) atoms. The number of hydrogen-bond donors (Lipinski definition) is 1. The molecule has 1 aromatic rings. The highest BCUT2D eigenvalue weighted by Gasteiger charge is 2.34. The van der Waals surface area contributed by atoms with E-state index in [0.29, 0.717) is 19.8 Å². The molecule has 1 amide bonds. The van der Waals surface area contributed by atoms with E-state index in [9.17, 15) is 4.79 Å². The number of hydrogen-bond acceptors (Lipinski definition) is 5. The number of carbonyl (C=O) groups excluding carboxylic acids is 1. The molecule has 2 aliphatic heterocycles. The summed E-state index contributed by atoms with van der Waals surface area (Å²) >= 11 is 1.69. The van der Waals surface area contributed by atoms with E-state index in [0.717, 1.165) is 25.1 Å². The molecule has 0 aromatic heterocycles. The molecule has 1 atom stereocenters. The van der Waals surface area contributed by atoms with E-state index in [-0.39, 0.29) is 18.2 Å². The number of piperidine rings is 1. The van der Waals surface area contributed by atoms with Crippen LogP contribution in [0.5, 0.6) is 0 Å². The van der Waals surface area contributed by atoms with Gasteiger partial charge in [-0.2, -0.15) is 0 Å². The monoisotopic (exact) mass is 336 g/mol. The van der Waals surface area contributed by atoms with Crippen molar-refractivity contribution in [3.05, 3.63) is 24.3 Å². The molecule has 1 aromatic carbocycles. The Kier molecular flexibility index (Phi) is 5.94. The van der Waals surface area contributed by atoms with Crippen LogP contribution in [0.1, 0.15) is 19.3 Å². The van der Waals surface area contributed by atoms with Crippen LogP contribution in [-0.2, 0) is 14.3 Å². The summed E-state index contributed by atoms with van der Waals surface area (Å²) in [6, 6.07) is 8.12. The smallest absolute Gasteiger partial charge is 0.238 e. The Morgan fingerprint density at radius 2 is 2.00 bits per heavy atom. The average Bonchev–Trinajstić information content (AvgIpc) is 3.10. The molecule has 2 fully saturated rings. The molecule has 2 aliphatic rings. The first kappa shape index (κ1) is 16.8. The van der Waals surface area contributed by atoms with Gasteiger partial charge in [0.2, 0.25) is 5.91 Å². The van der Waals surface area contributed by atoms with Gasteiger partial charge in [-0.15, -0.1) is 11.8 Å². The molecular formula is C17H24N2O3S. The van der Waals surface area contributed by atoms with Crippen molar-refractivity contribution in [3.8, 4) is 0 Å². The van der Waals surface area contributed by atoms with Crippen molar-refractivity contribution in [2.45, 2.75) is 36.5 Å². The van der Waals surface area contributed by atoms with Gasteiger partial charge in [0.25, 0.3) is 0 Å². The third kappa shape index (κ3) is 4.47. The first-order valence-electron chi connectivity index (χ1n) is 8.17. The van der Waals surface area contributed by atoms with E-state index in [1.165, 1.54) is 11.3 Å². The maximum atomic E-state index is 12.4. The number of benzene rings is 1. The lowest BCUT2D eigenvalue weighted by Crippen LogP contribution is -2.50. The average molecular weight is 336 g/mol. The third-order valence-corrected chi connectivity index (χ3v) is 5.09. The molecular weight excluding hydrogens is 312 g/mol. The van der Waals surface area contributed by atoms with Crippen LogP contribution in [0.4, 0.5) is 5.69 Å². The largest absolute Gasteiger partial charge is 0.349 e. The number of ether oxygens (including phenoxy) is 2. The van der Waals surface area contributed by atoms with Gasteiger partial charge in [0.1, 0.15) is 0 Å². The quantitative estimate of drug-likeness (QED) is 0.838. The van der Waals surface area contributed by atoms with Gasteiger partial charge in [0, 0.05) is 10.6 Å². The molecule has 6 heteroatoms. The summed E-state index contributed by atoms with van der Waals surface area (Å²) in [6.45, 7) is 2.62. The second kappa shape index (κ2) is 8.15. The summed E-state index contributed by atoms with van der Waals surface area (Å²) in [6.07, 6.45) is 5.18. The van der Waals surface area contributed by atoms with Gasteiger partial charge in [0.05, 0.1) is 25.8 Å². The minimum absolute atomic E-state index is 0.0202. The lowest BCUT2D eigenvalue weighted by Gasteiger charge is -2.37. The SMILES string of the molecule is CSc1ccc(NC(=O)CN2CCCCC2C2OCCO2)cc1. The molecule has 0 spiro atoms. The molecule has 1 unspecified atom stereocenters. The Bertz CT molecular complexity index is 517. The topological polar surface area (TPSA) is 50.8 Å². The molecule has 1 N–H and O–H groups in total. The number of carbonyl (C=O) groups is 1. The maximum absolute atomic E-state index is 12.4. The fraction of sp³-hybridized carbons (Fsp3) is 0.588. The van der Waals surface area contributed by atoms with Gasteiger partial charge in [-0.3, -0.25) is 9.69 Å². The van der Waals surface area contributed by atoms with Crippen molar-refractivity contribution in [2.75, 3.05) is 37.9 Å². The Hall–Kier alpha value is -1.08. The van der Waals surface area contributed by atoms with Crippen LogP contribution in [0, 0.1) is 0 Å². The summed E-state index contributed by atoms with van der Waals surface area (Å²) in [7, 11) is 0. The van der Waals surface area contributed by atoms with Crippen molar-refractivity contribution in [1.82, 2.24) is 4.90 Å². The van der Waals surface area contributed by atoms with E-state index >= 15 is 0 Å². The highest BCUT2D eigenvalue weighted by atomic mass is 32.2. The molecule has 0 saturated carbocycles.